The Morgan fingerprint density at radius 1 is 1.21 bits per heavy atom. The summed E-state index contributed by atoms with van der Waals surface area (Å²) in [6.45, 7) is 2.43. The zero-order valence-electron chi connectivity index (χ0n) is 16.6. The van der Waals surface area contributed by atoms with Gasteiger partial charge in [-0.2, -0.15) is 4.98 Å². The van der Waals surface area contributed by atoms with Crippen molar-refractivity contribution >= 4 is 16.8 Å². The number of aromatic nitrogens is 3. The number of fused-ring (bicyclic) bond motifs is 1. The van der Waals surface area contributed by atoms with Crippen LogP contribution in [0, 0.1) is 6.92 Å². The third-order valence-electron chi connectivity index (χ3n) is 4.92. The molecule has 2 heterocycles. The normalized spacial score (nSPS) is 11.0. The third-order valence-corrected chi connectivity index (χ3v) is 4.92. The Labute approximate surface area is 168 Å². The van der Waals surface area contributed by atoms with E-state index in [1.165, 1.54) is 0 Å². The summed E-state index contributed by atoms with van der Waals surface area (Å²) in [6, 6.07) is 15.3. The minimum Gasteiger partial charge on any atom is -0.497 e. The molecule has 0 saturated carbocycles. The highest BCUT2D eigenvalue weighted by Gasteiger charge is 2.16. The highest BCUT2D eigenvalue weighted by Crippen LogP contribution is 2.26. The predicted octanol–water partition coefficient (Wildman–Crippen LogP) is 3.85. The summed E-state index contributed by atoms with van der Waals surface area (Å²) in [6.07, 6.45) is 0.506. The molecule has 0 aliphatic rings. The summed E-state index contributed by atoms with van der Waals surface area (Å²) >= 11 is 0. The van der Waals surface area contributed by atoms with E-state index in [0.29, 0.717) is 30.2 Å². The second-order valence-electron chi connectivity index (χ2n) is 6.94. The molecule has 0 spiro atoms. The van der Waals surface area contributed by atoms with Crippen LogP contribution in [0.2, 0.25) is 0 Å². The molecule has 0 radical (unpaired) electrons. The summed E-state index contributed by atoms with van der Waals surface area (Å²) in [5.41, 5.74) is 3.35. The average Bonchev–Trinajstić information content (AvgIpc) is 3.38. The molecule has 7 heteroatoms. The molecular weight excluding hydrogens is 368 g/mol. The molecule has 0 fully saturated rings. The number of benzene rings is 2. The topological polar surface area (TPSA) is 84.2 Å². The van der Waals surface area contributed by atoms with Crippen LogP contribution in [-0.2, 0) is 6.42 Å². The minimum absolute atomic E-state index is 0.0172. The van der Waals surface area contributed by atoms with Crippen molar-refractivity contribution in [2.75, 3.05) is 20.7 Å². The van der Waals surface area contributed by atoms with Crippen molar-refractivity contribution < 1.29 is 14.1 Å². The van der Waals surface area contributed by atoms with Crippen LogP contribution in [0.5, 0.6) is 5.75 Å². The maximum Gasteiger partial charge on any atom is 0.274 e. The highest BCUT2D eigenvalue weighted by atomic mass is 16.5. The molecule has 1 amide bonds. The minimum atomic E-state index is -0.0172. The standard InChI is InChI=1S/C22H22N4O3/c1-14-6-4-5-7-17(14)22(27)26(2)11-10-20-24-21(29-25-20)19-12-15-8-9-16(28-3)13-18(15)23-19/h4-9,12-13,23H,10-11H2,1-3H3. The van der Waals surface area contributed by atoms with Gasteiger partial charge in [0, 0.05) is 42.5 Å². The van der Waals surface area contributed by atoms with Crippen LogP contribution in [0.25, 0.3) is 22.5 Å². The molecule has 0 saturated heterocycles. The first-order valence-corrected chi connectivity index (χ1v) is 9.36. The molecule has 0 aliphatic heterocycles. The number of likely N-dealkylation sites (N-methyl/N-ethyl adjacent to an activating group) is 1. The monoisotopic (exact) mass is 390 g/mol. The number of aromatic amines is 1. The van der Waals surface area contributed by atoms with E-state index in [4.69, 9.17) is 9.26 Å². The van der Waals surface area contributed by atoms with Gasteiger partial charge >= 0.3 is 0 Å². The number of carbonyl (C=O) groups is 1. The Morgan fingerprint density at radius 2 is 2.03 bits per heavy atom. The first kappa shape index (κ1) is 18.7. The van der Waals surface area contributed by atoms with Crippen LogP contribution >= 0.6 is 0 Å². The largest absolute Gasteiger partial charge is 0.497 e. The van der Waals surface area contributed by atoms with Gasteiger partial charge < -0.3 is 19.1 Å². The summed E-state index contributed by atoms with van der Waals surface area (Å²) in [7, 11) is 3.41. The molecule has 1 N–H and O–H groups in total. The van der Waals surface area contributed by atoms with E-state index in [0.717, 1.165) is 27.9 Å². The van der Waals surface area contributed by atoms with Gasteiger partial charge in [-0.1, -0.05) is 23.4 Å². The molecule has 0 unspecified atom stereocenters. The second kappa shape index (κ2) is 7.79. The Morgan fingerprint density at radius 3 is 2.83 bits per heavy atom. The average molecular weight is 390 g/mol. The highest BCUT2D eigenvalue weighted by molar-refractivity contribution is 5.95. The van der Waals surface area contributed by atoms with E-state index in [-0.39, 0.29) is 5.91 Å². The van der Waals surface area contributed by atoms with Gasteiger partial charge in [-0.15, -0.1) is 0 Å². The molecule has 29 heavy (non-hydrogen) atoms. The molecule has 148 valence electrons. The van der Waals surface area contributed by atoms with Gasteiger partial charge in [0.1, 0.15) is 11.4 Å². The number of hydrogen-bond donors (Lipinski definition) is 1. The molecule has 7 nitrogen and oxygen atoms in total. The number of rotatable bonds is 6. The van der Waals surface area contributed by atoms with Crippen LogP contribution < -0.4 is 4.74 Å². The number of hydrogen-bond acceptors (Lipinski definition) is 5. The molecule has 2 aromatic heterocycles. The molecular formula is C22H22N4O3. The van der Waals surface area contributed by atoms with Crippen LogP contribution in [-0.4, -0.2) is 46.6 Å². The van der Waals surface area contributed by atoms with Gasteiger partial charge in [0.15, 0.2) is 5.82 Å². The maximum absolute atomic E-state index is 12.6. The lowest BCUT2D eigenvalue weighted by atomic mass is 10.1. The number of nitrogens with one attached hydrogen (secondary N) is 1. The van der Waals surface area contributed by atoms with Gasteiger partial charge in [-0.05, 0) is 36.8 Å². The lowest BCUT2D eigenvalue weighted by molar-refractivity contribution is 0.0795. The van der Waals surface area contributed by atoms with Crippen molar-refractivity contribution in [2.24, 2.45) is 0 Å². The van der Waals surface area contributed by atoms with Gasteiger partial charge in [0.05, 0.1) is 7.11 Å². The predicted molar refractivity (Wildman–Crippen MR) is 110 cm³/mol. The fraction of sp³-hybridized carbons (Fsp3) is 0.227. The third kappa shape index (κ3) is 3.85. The van der Waals surface area contributed by atoms with Crippen LogP contribution in [0.15, 0.2) is 53.1 Å². The Hall–Kier alpha value is -3.61. The van der Waals surface area contributed by atoms with Crippen molar-refractivity contribution in [1.82, 2.24) is 20.0 Å². The fourth-order valence-corrected chi connectivity index (χ4v) is 3.20. The smallest absolute Gasteiger partial charge is 0.274 e. The molecule has 4 rings (SSSR count). The van der Waals surface area contributed by atoms with Crippen LogP contribution in [0.4, 0.5) is 0 Å². The van der Waals surface area contributed by atoms with E-state index in [9.17, 15) is 4.79 Å². The van der Waals surface area contributed by atoms with Gasteiger partial charge in [-0.3, -0.25) is 4.79 Å². The summed E-state index contributed by atoms with van der Waals surface area (Å²) in [5.74, 6) is 1.73. The van der Waals surface area contributed by atoms with E-state index < -0.39 is 0 Å². The molecule has 0 bridgehead atoms. The van der Waals surface area contributed by atoms with E-state index in [2.05, 4.69) is 15.1 Å². The Bertz CT molecular complexity index is 1160. The first-order chi connectivity index (χ1) is 14.0. The number of methoxy groups -OCH3 is 1. The molecule has 4 aromatic rings. The molecule has 0 aliphatic carbocycles. The lowest BCUT2D eigenvalue weighted by Gasteiger charge is -2.17. The SMILES string of the molecule is COc1ccc2cc(-c3nc(CCN(C)C(=O)c4ccccc4C)no3)[nH]c2c1. The fourth-order valence-electron chi connectivity index (χ4n) is 3.20. The van der Waals surface area contributed by atoms with Gasteiger partial charge in [0.2, 0.25) is 0 Å². The summed E-state index contributed by atoms with van der Waals surface area (Å²) in [4.78, 5) is 22.0. The van der Waals surface area contributed by atoms with E-state index in [1.54, 1.807) is 19.1 Å². The van der Waals surface area contributed by atoms with Crippen molar-refractivity contribution in [3.63, 3.8) is 0 Å². The lowest BCUT2D eigenvalue weighted by Crippen LogP contribution is -2.29. The quantitative estimate of drug-likeness (QED) is 0.541. The zero-order chi connectivity index (χ0) is 20.4. The van der Waals surface area contributed by atoms with Crippen molar-refractivity contribution in [3.05, 3.63) is 65.5 Å². The van der Waals surface area contributed by atoms with Crippen molar-refractivity contribution in [3.8, 4) is 17.3 Å². The number of ether oxygens (including phenoxy) is 1. The van der Waals surface area contributed by atoms with Crippen molar-refractivity contribution in [1.29, 1.82) is 0 Å². The number of nitrogens with zero attached hydrogens (tertiary/aromatic N) is 3. The number of aryl methyl sites for hydroxylation is 1. The Kier molecular flexibility index (Phi) is 5.03. The Balaban J connectivity index is 1.44. The van der Waals surface area contributed by atoms with Gasteiger partial charge in [-0.25, -0.2) is 0 Å². The van der Waals surface area contributed by atoms with E-state index in [1.807, 2.05) is 55.5 Å². The van der Waals surface area contributed by atoms with E-state index >= 15 is 0 Å². The van der Waals surface area contributed by atoms with Crippen LogP contribution in [0.1, 0.15) is 21.7 Å². The second-order valence-corrected chi connectivity index (χ2v) is 6.94. The summed E-state index contributed by atoms with van der Waals surface area (Å²) in [5, 5.41) is 5.08. The maximum atomic E-state index is 12.6. The first-order valence-electron chi connectivity index (χ1n) is 9.36. The number of H-pyrrole nitrogens is 1. The number of carbonyl (C=O) groups excluding carboxylic acids is 1. The molecule has 2 aromatic carbocycles. The van der Waals surface area contributed by atoms with Crippen molar-refractivity contribution in [2.45, 2.75) is 13.3 Å². The zero-order valence-corrected chi connectivity index (χ0v) is 16.6. The van der Waals surface area contributed by atoms with Gasteiger partial charge in [0.25, 0.3) is 11.8 Å². The van der Waals surface area contributed by atoms with Crippen LogP contribution in [0.3, 0.4) is 0 Å². The summed E-state index contributed by atoms with van der Waals surface area (Å²) < 4.78 is 10.7. The molecule has 0 atom stereocenters. The number of amides is 1.